The first-order chi connectivity index (χ1) is 37.2. The Morgan fingerprint density at radius 1 is 0.923 bits per heavy atom. The van der Waals surface area contributed by atoms with E-state index in [1.165, 1.54) is 0 Å². The Kier molecular flexibility index (Phi) is 22.2. The van der Waals surface area contributed by atoms with Gasteiger partial charge < -0.3 is 68.0 Å². The van der Waals surface area contributed by atoms with Gasteiger partial charge in [-0.05, 0) is 94.4 Å². The van der Waals surface area contributed by atoms with E-state index >= 15 is 0 Å². The fraction of sp³-hybridized carbons (Fsp3) is 0.793. The number of aliphatic hydroxyl groups excluding tert-OH is 2. The molecule has 0 aromatic carbocycles. The highest BCUT2D eigenvalue weighted by Gasteiger charge is 2.60. The Morgan fingerprint density at radius 2 is 1.62 bits per heavy atom. The average molecular weight is 1120 g/mol. The number of fused-ring (bicyclic) bond motifs is 2. The summed E-state index contributed by atoms with van der Waals surface area (Å²) in [5.74, 6) is -1.62. The molecule has 20 heteroatoms. The minimum atomic E-state index is -1.84. The van der Waals surface area contributed by atoms with Crippen LogP contribution in [0.15, 0.2) is 64.5 Å². The van der Waals surface area contributed by atoms with E-state index in [9.17, 15) is 29.8 Å². The molecule has 0 aromatic heterocycles. The van der Waals surface area contributed by atoms with Gasteiger partial charge in [-0.1, -0.05) is 77.5 Å². The Labute approximate surface area is 466 Å². The number of allylic oxidation sites excluding steroid dienone is 2. The maximum atomic E-state index is 14.3. The smallest absolute Gasteiger partial charge is 0.340 e. The highest BCUT2D eigenvalue weighted by atomic mass is 35.5. The van der Waals surface area contributed by atoms with Gasteiger partial charge in [0.25, 0.3) is 0 Å². The first-order valence-electron chi connectivity index (χ1n) is 28.5. The molecule has 8 rings (SSSR count). The van der Waals surface area contributed by atoms with Gasteiger partial charge in [-0.2, -0.15) is 5.01 Å². The Bertz CT molecular complexity index is 2170. The molecule has 440 valence electrons. The topological polar surface area (TPSA) is 232 Å². The van der Waals surface area contributed by atoms with E-state index in [0.717, 1.165) is 48.6 Å². The number of carbonyl (C=O) groups excluding carboxylic acids is 2. The summed E-state index contributed by atoms with van der Waals surface area (Å²) in [5.41, 5.74) is 0.134. The number of nitroso groups, excluding NO2 is 1. The van der Waals surface area contributed by atoms with Crippen LogP contribution in [0, 0.1) is 34.5 Å². The summed E-state index contributed by atoms with van der Waals surface area (Å²) in [5, 5.41) is 40.5. The van der Waals surface area contributed by atoms with Crippen LogP contribution in [0.1, 0.15) is 127 Å². The van der Waals surface area contributed by atoms with Crippen molar-refractivity contribution in [2.45, 2.75) is 230 Å². The molecule has 78 heavy (non-hydrogen) atoms. The van der Waals surface area contributed by atoms with Crippen molar-refractivity contribution in [1.82, 2.24) is 10.3 Å². The lowest BCUT2D eigenvalue weighted by atomic mass is 9.71. The maximum Gasteiger partial charge on any atom is 0.340 e. The van der Waals surface area contributed by atoms with Crippen molar-refractivity contribution in [1.29, 1.82) is 0 Å². The van der Waals surface area contributed by atoms with E-state index in [0.29, 0.717) is 43.3 Å². The molecule has 6 heterocycles. The van der Waals surface area contributed by atoms with Gasteiger partial charge in [0.05, 0.1) is 61.2 Å². The largest absolute Gasteiger partial charge is 0.462 e. The third-order valence-corrected chi connectivity index (χ3v) is 17.6. The number of halogens is 1. The third kappa shape index (κ3) is 14.5. The molecule has 0 radical (unpaired) electrons. The Hall–Kier alpha value is -3.15. The lowest BCUT2D eigenvalue weighted by molar-refractivity contribution is -0.318. The van der Waals surface area contributed by atoms with E-state index in [4.69, 9.17) is 59.0 Å². The fourth-order valence-electron chi connectivity index (χ4n) is 12.5. The van der Waals surface area contributed by atoms with Gasteiger partial charge in [-0.3, -0.25) is 4.79 Å². The van der Waals surface area contributed by atoms with Crippen molar-refractivity contribution < 1.29 is 72.3 Å². The molecule has 2 bridgehead atoms. The quantitative estimate of drug-likeness (QED) is 0.0479. The predicted molar refractivity (Wildman–Crippen MR) is 290 cm³/mol. The van der Waals surface area contributed by atoms with Gasteiger partial charge in [0, 0.05) is 63.7 Å². The molecule has 20 atom stereocenters. The normalized spacial score (nSPS) is 42.4. The molecule has 4 N–H and O–H groups in total. The zero-order chi connectivity index (χ0) is 56.6. The fourth-order valence-corrected chi connectivity index (χ4v) is 12.6. The first-order valence-corrected chi connectivity index (χ1v) is 29.0. The molecule has 0 aromatic rings. The van der Waals surface area contributed by atoms with Gasteiger partial charge in [-0.15, -0.1) is 16.5 Å². The summed E-state index contributed by atoms with van der Waals surface area (Å²) in [6, 6.07) is -0.265. The summed E-state index contributed by atoms with van der Waals surface area (Å²) in [4.78, 5) is 36.3. The highest BCUT2D eigenvalue weighted by molar-refractivity contribution is 6.18. The first kappa shape index (κ1) is 62.5. The van der Waals surface area contributed by atoms with Crippen LogP contribution in [-0.2, 0) is 52.2 Å². The van der Waals surface area contributed by atoms with Crippen molar-refractivity contribution in [3.05, 3.63) is 64.2 Å². The van der Waals surface area contributed by atoms with Gasteiger partial charge in [0.1, 0.15) is 42.0 Å². The van der Waals surface area contributed by atoms with Crippen LogP contribution in [0.25, 0.3) is 0 Å². The monoisotopic (exact) mass is 1120 g/mol. The zero-order valence-electron chi connectivity index (χ0n) is 47.7. The molecule has 19 nitrogen and oxygen atoms in total. The minimum absolute atomic E-state index is 0.0317. The second-order valence-electron chi connectivity index (χ2n) is 23.3. The van der Waals surface area contributed by atoms with E-state index in [-0.39, 0.29) is 61.1 Å². The van der Waals surface area contributed by atoms with Crippen molar-refractivity contribution in [2.75, 3.05) is 33.3 Å². The summed E-state index contributed by atoms with van der Waals surface area (Å²) in [7, 11) is 3.22. The number of nitrogens with zero attached hydrogens (tertiary/aromatic N) is 2. The van der Waals surface area contributed by atoms with Gasteiger partial charge >= 0.3 is 12.0 Å². The summed E-state index contributed by atoms with van der Waals surface area (Å²) in [6.07, 6.45) is 12.7. The molecule has 1 spiro atoms. The van der Waals surface area contributed by atoms with Crippen molar-refractivity contribution in [3.63, 3.8) is 0 Å². The molecule has 1 saturated carbocycles. The number of alkyl halides is 1. The van der Waals surface area contributed by atoms with Gasteiger partial charge in [0.15, 0.2) is 18.4 Å². The van der Waals surface area contributed by atoms with Crippen LogP contribution in [0.2, 0.25) is 0 Å². The van der Waals surface area contributed by atoms with Crippen molar-refractivity contribution >= 4 is 23.6 Å². The lowest BCUT2D eigenvalue weighted by Crippen LogP contribution is -2.58. The molecule has 4 saturated heterocycles. The molecular weight excluding hydrogens is 1030 g/mol. The number of nitrogens with one attached hydrogen (secondary N) is 1. The second kappa shape index (κ2) is 27.7. The highest BCUT2D eigenvalue weighted by Crippen LogP contribution is 2.47. The van der Waals surface area contributed by atoms with Crippen molar-refractivity contribution in [3.8, 4) is 0 Å². The van der Waals surface area contributed by atoms with Crippen LogP contribution in [0.5, 0.6) is 0 Å². The van der Waals surface area contributed by atoms with Crippen LogP contribution < -0.4 is 5.32 Å². The number of amides is 2. The van der Waals surface area contributed by atoms with E-state index in [2.05, 4.69) is 57.4 Å². The Balaban J connectivity index is 0.000000473. The maximum absolute atomic E-state index is 14.3. The van der Waals surface area contributed by atoms with Crippen molar-refractivity contribution in [2.24, 2.45) is 34.9 Å². The van der Waals surface area contributed by atoms with Crippen LogP contribution >= 0.6 is 11.6 Å². The number of esters is 1. The molecule has 6 aliphatic heterocycles. The van der Waals surface area contributed by atoms with E-state index < -0.39 is 96.8 Å². The zero-order valence-corrected chi connectivity index (χ0v) is 48.5. The number of hydrogen-bond acceptors (Lipinski definition) is 17. The molecular formula is C58H90ClN3O16. The molecule has 2 amide bonds. The molecule has 5 fully saturated rings. The van der Waals surface area contributed by atoms with E-state index in [1.807, 2.05) is 32.1 Å². The predicted octanol–water partition coefficient (Wildman–Crippen LogP) is 7.87. The van der Waals surface area contributed by atoms with Gasteiger partial charge in [-0.25, -0.2) is 4.79 Å². The number of hydrogen-bond donors (Lipinski definition) is 4. The summed E-state index contributed by atoms with van der Waals surface area (Å²) in [6.45, 7) is 18.5. The number of rotatable bonds is 12. The van der Waals surface area contributed by atoms with Gasteiger partial charge in [0.2, 0.25) is 0 Å². The summed E-state index contributed by atoms with van der Waals surface area (Å²) >= 11 is 5.46. The minimum Gasteiger partial charge on any atom is -0.462 e. The number of ether oxygens (including phenoxy) is 10. The number of aliphatic hydroxyl groups is 3. The number of methoxy groups -OCH3 is 2. The van der Waals surface area contributed by atoms with Crippen LogP contribution in [-0.4, -0.2) is 169 Å². The molecule has 2 aliphatic carbocycles. The standard InChI is InChI=1S/C48H72O14.C10H18ClN3O2/c1-11-25(2)43-28(5)17-18-47(62-43)23-34-20-33(61-47)16-15-27(4)42(26(3)13-12-14-32-24-55-45-40(49)29(6)19-35(46(51)58-34)48(32,45)52)59-39-22-37(54-10)44(31(8)57-39)60-38-21-36(53-9)41(50)30(7)56-38;1-8-2-4-9(5-3-8)12-10(15)14(13-16)7-6-11/h12-15,17-19,25-26,28,30-31,33-45,49-50,52H,11,16,20-24H2,1-10H3;8-9H,2-7H2,1H3,(H,12,15). The third-order valence-electron chi connectivity index (χ3n) is 17.5. The van der Waals surface area contributed by atoms with Crippen LogP contribution in [0.3, 0.4) is 0 Å². The van der Waals surface area contributed by atoms with Crippen LogP contribution in [0.4, 0.5) is 4.79 Å². The number of carbonyl (C=O) groups is 2. The number of urea groups is 1. The van der Waals surface area contributed by atoms with E-state index in [1.54, 1.807) is 40.2 Å². The second-order valence-corrected chi connectivity index (χ2v) is 23.6. The Morgan fingerprint density at radius 3 is 2.29 bits per heavy atom. The molecule has 8 aliphatic rings. The SMILES string of the molecule is CC1CCC(NC(=O)N(CCCl)N=O)CC1.CCC(C)C1OC2(C=CC1C)CC1CC(CC=C(C)C(OC3CC(OC)C(OC4CC(OC)C(O)C(C)O4)C(C)O3)C(C)C=CC=C3COC4C(O)C(C)=CC(C(=O)O1)C34O)O2. The summed E-state index contributed by atoms with van der Waals surface area (Å²) < 4.78 is 63.7. The molecule has 20 unspecified atom stereocenters. The average Bonchev–Trinajstić information content (AvgIpc) is 4.02. The lowest BCUT2D eigenvalue weighted by Gasteiger charge is -2.48.